The molecule has 1 aromatic carbocycles. The molecule has 1 aliphatic carbocycles. The second-order valence-corrected chi connectivity index (χ2v) is 7.54. The summed E-state index contributed by atoms with van der Waals surface area (Å²) in [4.78, 5) is 2.62. The van der Waals surface area contributed by atoms with E-state index in [0.717, 1.165) is 18.5 Å². The van der Waals surface area contributed by atoms with Crippen molar-refractivity contribution in [3.63, 3.8) is 0 Å². The van der Waals surface area contributed by atoms with Crippen LogP contribution in [-0.2, 0) is 6.54 Å². The van der Waals surface area contributed by atoms with Gasteiger partial charge in [-0.15, -0.1) is 0 Å². The first-order valence-corrected chi connectivity index (χ1v) is 9.32. The van der Waals surface area contributed by atoms with Crippen LogP contribution in [0, 0.1) is 5.92 Å². The van der Waals surface area contributed by atoms with Crippen LogP contribution < -0.4 is 10.2 Å². The summed E-state index contributed by atoms with van der Waals surface area (Å²) in [6.45, 7) is 5.78. The Labute approximate surface area is 137 Å². The summed E-state index contributed by atoms with van der Waals surface area (Å²) >= 11 is 3.65. The van der Waals surface area contributed by atoms with E-state index in [0.29, 0.717) is 0 Å². The lowest BCUT2D eigenvalue weighted by Crippen LogP contribution is -2.27. The molecule has 116 valence electrons. The lowest BCUT2D eigenvalue weighted by molar-refractivity contribution is 0.459. The van der Waals surface area contributed by atoms with Crippen LogP contribution in [0.15, 0.2) is 22.7 Å². The van der Waals surface area contributed by atoms with E-state index in [-0.39, 0.29) is 0 Å². The minimum atomic E-state index is 0.773. The number of rotatable bonds is 5. The van der Waals surface area contributed by atoms with Gasteiger partial charge in [0.15, 0.2) is 0 Å². The summed E-state index contributed by atoms with van der Waals surface area (Å²) in [6, 6.07) is 7.56. The predicted molar refractivity (Wildman–Crippen MR) is 93.8 cm³/mol. The monoisotopic (exact) mass is 350 g/mol. The summed E-state index contributed by atoms with van der Waals surface area (Å²) in [6.07, 6.45) is 8.12. The molecule has 0 bridgehead atoms. The maximum absolute atomic E-state index is 3.67. The Bertz CT molecular complexity index is 470. The summed E-state index contributed by atoms with van der Waals surface area (Å²) in [5.41, 5.74) is 2.90. The first kappa shape index (κ1) is 15.4. The average Bonchev–Trinajstić information content (AvgIpc) is 3.32. The number of hydrogen-bond donors (Lipinski definition) is 1. The molecule has 3 rings (SSSR count). The molecule has 0 radical (unpaired) electrons. The summed E-state index contributed by atoms with van der Waals surface area (Å²) < 4.78 is 1.20. The van der Waals surface area contributed by atoms with Gasteiger partial charge >= 0.3 is 0 Å². The average molecular weight is 351 g/mol. The molecule has 0 aromatic heterocycles. The van der Waals surface area contributed by atoms with Crippen molar-refractivity contribution in [1.82, 2.24) is 5.32 Å². The van der Waals surface area contributed by atoms with Crippen LogP contribution in [0.25, 0.3) is 0 Å². The van der Waals surface area contributed by atoms with E-state index < -0.39 is 0 Å². The fourth-order valence-corrected chi connectivity index (χ4v) is 3.69. The number of hydrogen-bond acceptors (Lipinski definition) is 2. The van der Waals surface area contributed by atoms with Gasteiger partial charge in [0.05, 0.1) is 0 Å². The molecule has 2 aliphatic rings. The van der Waals surface area contributed by atoms with Crippen LogP contribution in [0.5, 0.6) is 0 Å². The molecule has 1 saturated carbocycles. The predicted octanol–water partition coefficient (Wildman–Crippen LogP) is 4.72. The highest BCUT2D eigenvalue weighted by molar-refractivity contribution is 9.10. The Morgan fingerprint density at radius 1 is 1.19 bits per heavy atom. The van der Waals surface area contributed by atoms with Crippen molar-refractivity contribution in [1.29, 1.82) is 0 Å². The Balaban J connectivity index is 1.73. The largest absolute Gasteiger partial charge is 0.371 e. The zero-order valence-corrected chi connectivity index (χ0v) is 14.7. The molecule has 21 heavy (non-hydrogen) atoms. The molecule has 2 fully saturated rings. The lowest BCUT2D eigenvalue weighted by atomic mass is 9.98. The number of nitrogens with one attached hydrogen (secondary N) is 1. The van der Waals surface area contributed by atoms with Gasteiger partial charge in [-0.3, -0.25) is 0 Å². The minimum absolute atomic E-state index is 0.773. The third-order valence-electron chi connectivity index (χ3n) is 4.97. The van der Waals surface area contributed by atoms with Crippen molar-refractivity contribution in [3.8, 4) is 0 Å². The van der Waals surface area contributed by atoms with Gasteiger partial charge in [0.1, 0.15) is 0 Å². The number of benzene rings is 1. The van der Waals surface area contributed by atoms with Crippen LogP contribution in [0.2, 0.25) is 0 Å². The zero-order valence-electron chi connectivity index (χ0n) is 13.1. The second-order valence-electron chi connectivity index (χ2n) is 6.62. The Hall–Kier alpha value is -0.540. The molecule has 2 nitrogen and oxygen atoms in total. The Kier molecular flexibility index (Phi) is 5.23. The summed E-state index contributed by atoms with van der Waals surface area (Å²) in [5, 5.41) is 3.67. The molecule has 1 unspecified atom stereocenters. The van der Waals surface area contributed by atoms with Gasteiger partial charge in [-0.1, -0.05) is 35.3 Å². The lowest BCUT2D eigenvalue weighted by Gasteiger charge is -2.26. The standard InChI is InChI=1S/C18H27BrN2/c1-2-14-4-3-10-21(11-9-14)18-12-16(19)6-5-15(18)13-20-17-7-8-17/h5-6,12,14,17,20H,2-4,7-11,13H2,1H3. The van der Waals surface area contributed by atoms with E-state index in [9.17, 15) is 0 Å². The number of halogens is 1. The van der Waals surface area contributed by atoms with Gasteiger partial charge in [-0.25, -0.2) is 0 Å². The molecular weight excluding hydrogens is 324 g/mol. The van der Waals surface area contributed by atoms with E-state index >= 15 is 0 Å². The van der Waals surface area contributed by atoms with Gasteiger partial charge < -0.3 is 10.2 Å². The third-order valence-corrected chi connectivity index (χ3v) is 5.46. The van der Waals surface area contributed by atoms with Gasteiger partial charge in [0.2, 0.25) is 0 Å². The first-order chi connectivity index (χ1) is 10.3. The SMILES string of the molecule is CCC1CCCN(c2cc(Br)ccc2CNC2CC2)CC1. The highest BCUT2D eigenvalue weighted by Crippen LogP contribution is 2.30. The summed E-state index contributed by atoms with van der Waals surface area (Å²) in [7, 11) is 0. The maximum Gasteiger partial charge on any atom is 0.0423 e. The van der Waals surface area contributed by atoms with Crippen molar-refractivity contribution in [3.05, 3.63) is 28.2 Å². The molecule has 1 saturated heterocycles. The number of anilines is 1. The normalized spacial score (nSPS) is 23.1. The fraction of sp³-hybridized carbons (Fsp3) is 0.667. The molecular formula is C18H27BrN2. The van der Waals surface area contributed by atoms with Crippen molar-refractivity contribution in [2.75, 3.05) is 18.0 Å². The van der Waals surface area contributed by atoms with E-state index in [1.165, 1.54) is 67.3 Å². The summed E-state index contributed by atoms with van der Waals surface area (Å²) in [5.74, 6) is 0.926. The van der Waals surface area contributed by atoms with Gasteiger partial charge in [0.25, 0.3) is 0 Å². The third kappa shape index (κ3) is 4.23. The molecule has 1 aromatic rings. The minimum Gasteiger partial charge on any atom is -0.371 e. The van der Waals surface area contributed by atoms with Gasteiger partial charge in [0, 0.05) is 35.8 Å². The van der Waals surface area contributed by atoms with Crippen molar-refractivity contribution < 1.29 is 0 Å². The van der Waals surface area contributed by atoms with Crippen LogP contribution in [0.1, 0.15) is 51.0 Å². The van der Waals surface area contributed by atoms with Crippen LogP contribution in [0.4, 0.5) is 5.69 Å². The van der Waals surface area contributed by atoms with E-state index in [1.807, 2.05) is 0 Å². The van der Waals surface area contributed by atoms with Crippen molar-refractivity contribution in [2.45, 2.75) is 58.0 Å². The van der Waals surface area contributed by atoms with Crippen molar-refractivity contribution in [2.24, 2.45) is 5.92 Å². The van der Waals surface area contributed by atoms with E-state index in [1.54, 1.807) is 0 Å². The molecule has 1 atom stereocenters. The number of nitrogens with zero attached hydrogens (tertiary/aromatic N) is 1. The highest BCUT2D eigenvalue weighted by Gasteiger charge is 2.22. The van der Waals surface area contributed by atoms with Crippen LogP contribution in [0.3, 0.4) is 0 Å². The van der Waals surface area contributed by atoms with Crippen LogP contribution in [-0.4, -0.2) is 19.1 Å². The first-order valence-electron chi connectivity index (χ1n) is 8.53. The molecule has 0 amide bonds. The quantitative estimate of drug-likeness (QED) is 0.826. The molecule has 3 heteroatoms. The van der Waals surface area contributed by atoms with Gasteiger partial charge in [-0.2, -0.15) is 0 Å². The Morgan fingerprint density at radius 3 is 2.81 bits per heavy atom. The highest BCUT2D eigenvalue weighted by atomic mass is 79.9. The topological polar surface area (TPSA) is 15.3 Å². The van der Waals surface area contributed by atoms with Crippen molar-refractivity contribution >= 4 is 21.6 Å². The second kappa shape index (κ2) is 7.15. The van der Waals surface area contributed by atoms with Crippen LogP contribution >= 0.6 is 15.9 Å². The molecule has 0 spiro atoms. The molecule has 1 aliphatic heterocycles. The zero-order chi connectivity index (χ0) is 14.7. The Morgan fingerprint density at radius 2 is 2.05 bits per heavy atom. The maximum atomic E-state index is 3.67. The smallest absolute Gasteiger partial charge is 0.0423 e. The van der Waals surface area contributed by atoms with E-state index in [2.05, 4.69) is 51.3 Å². The fourth-order valence-electron chi connectivity index (χ4n) is 3.34. The van der Waals surface area contributed by atoms with Gasteiger partial charge in [-0.05, 0) is 55.7 Å². The molecule has 1 heterocycles. The van der Waals surface area contributed by atoms with E-state index in [4.69, 9.17) is 0 Å². The molecule has 1 N–H and O–H groups in total.